The molecule has 0 saturated carbocycles. The second-order valence-corrected chi connectivity index (χ2v) is 7.46. The highest BCUT2D eigenvalue weighted by Gasteiger charge is 2.12. The highest BCUT2D eigenvalue weighted by atomic mass is 79.9. The molecule has 4 aromatic rings. The minimum atomic E-state index is -0.334. The Bertz CT molecular complexity index is 1220. The minimum absolute atomic E-state index is 0.254. The monoisotopic (exact) mass is 490 g/mol. The van der Waals surface area contributed by atoms with Crippen LogP contribution in [-0.4, -0.2) is 15.9 Å². The van der Waals surface area contributed by atoms with Gasteiger partial charge in [-0.3, -0.25) is 15.6 Å². The summed E-state index contributed by atoms with van der Waals surface area (Å²) in [6.45, 7) is 0. The molecule has 0 unspecified atom stereocenters. The lowest BCUT2D eigenvalue weighted by molar-refractivity contribution is 0.0961. The number of nitrogens with zero attached hydrogens (tertiary/aromatic N) is 2. The van der Waals surface area contributed by atoms with Gasteiger partial charge < -0.3 is 15.8 Å². The molecule has 1 aromatic heterocycles. The first-order valence-corrected chi connectivity index (χ1v) is 10.4. The zero-order valence-corrected chi connectivity index (χ0v) is 18.3. The third kappa shape index (κ3) is 5.13. The maximum absolute atomic E-state index is 12.4. The molecule has 32 heavy (non-hydrogen) atoms. The van der Waals surface area contributed by atoms with Crippen LogP contribution in [-0.2, 0) is 0 Å². The van der Waals surface area contributed by atoms with Gasteiger partial charge in [-0.2, -0.15) is 0 Å². The van der Waals surface area contributed by atoms with Crippen LogP contribution in [0.15, 0.2) is 89.7 Å². The summed E-state index contributed by atoms with van der Waals surface area (Å²) < 4.78 is 6.47. The van der Waals surface area contributed by atoms with Gasteiger partial charge in [0.05, 0.1) is 5.56 Å². The molecule has 0 aliphatic rings. The van der Waals surface area contributed by atoms with Crippen LogP contribution < -0.4 is 26.6 Å². The third-order valence-corrected chi connectivity index (χ3v) is 5.08. The van der Waals surface area contributed by atoms with Crippen LogP contribution in [0, 0.1) is 0 Å². The summed E-state index contributed by atoms with van der Waals surface area (Å²) in [6, 6.07) is 24.0. The maximum Gasteiger partial charge on any atom is 0.270 e. The van der Waals surface area contributed by atoms with E-state index in [1.54, 1.807) is 18.2 Å². The van der Waals surface area contributed by atoms with Gasteiger partial charge in [0.25, 0.3) is 5.91 Å². The number of anilines is 4. The Hall–Kier alpha value is -4.11. The molecule has 9 heteroatoms. The molecule has 3 aromatic carbocycles. The highest BCUT2D eigenvalue weighted by molar-refractivity contribution is 9.10. The number of amides is 1. The van der Waals surface area contributed by atoms with Gasteiger partial charge >= 0.3 is 0 Å². The summed E-state index contributed by atoms with van der Waals surface area (Å²) in [4.78, 5) is 20.7. The lowest BCUT2D eigenvalue weighted by Crippen LogP contribution is -2.30. The van der Waals surface area contributed by atoms with Crippen molar-refractivity contribution in [2.45, 2.75) is 0 Å². The Morgan fingerprint density at radius 1 is 0.844 bits per heavy atom. The largest absolute Gasteiger partial charge is 0.457 e. The fourth-order valence-corrected chi connectivity index (χ4v) is 3.26. The minimum Gasteiger partial charge on any atom is -0.457 e. The van der Waals surface area contributed by atoms with E-state index in [1.165, 1.54) is 6.33 Å². The van der Waals surface area contributed by atoms with E-state index in [0.717, 1.165) is 11.4 Å². The van der Waals surface area contributed by atoms with Gasteiger partial charge in [0.15, 0.2) is 11.6 Å². The molecule has 0 bridgehead atoms. The first kappa shape index (κ1) is 21.1. The number of nitrogen functional groups attached to an aromatic ring is 1. The van der Waals surface area contributed by atoms with E-state index in [1.807, 2.05) is 60.7 Å². The molecule has 8 nitrogen and oxygen atoms in total. The smallest absolute Gasteiger partial charge is 0.270 e. The van der Waals surface area contributed by atoms with Crippen LogP contribution in [0.1, 0.15) is 10.4 Å². The Morgan fingerprint density at radius 3 is 2.25 bits per heavy atom. The molecule has 0 radical (unpaired) electrons. The van der Waals surface area contributed by atoms with Crippen molar-refractivity contribution in [1.82, 2.24) is 15.4 Å². The van der Waals surface area contributed by atoms with Gasteiger partial charge in [0, 0.05) is 10.2 Å². The first-order valence-electron chi connectivity index (χ1n) is 9.61. The number of nitrogens with one attached hydrogen (secondary N) is 3. The second-order valence-electron chi connectivity index (χ2n) is 6.61. The van der Waals surface area contributed by atoms with E-state index >= 15 is 0 Å². The number of carbonyl (C=O) groups is 1. The van der Waals surface area contributed by atoms with Crippen LogP contribution in [0.25, 0.3) is 0 Å². The molecule has 4 rings (SSSR count). The summed E-state index contributed by atoms with van der Waals surface area (Å²) >= 11 is 3.35. The highest BCUT2D eigenvalue weighted by Crippen LogP contribution is 2.28. The quantitative estimate of drug-likeness (QED) is 0.266. The number of ether oxygens (including phenoxy) is 1. The molecule has 0 aliphatic heterocycles. The fraction of sp³-hybridized carbons (Fsp3) is 0. The first-order chi connectivity index (χ1) is 15.6. The van der Waals surface area contributed by atoms with Crippen molar-refractivity contribution in [2.75, 3.05) is 16.5 Å². The predicted octanol–water partition coefficient (Wildman–Crippen LogP) is 5.11. The topological polar surface area (TPSA) is 114 Å². The summed E-state index contributed by atoms with van der Waals surface area (Å²) in [6.07, 6.45) is 1.35. The molecule has 0 saturated heterocycles. The fourth-order valence-electron chi connectivity index (χ4n) is 2.79. The Balaban J connectivity index is 1.41. The van der Waals surface area contributed by atoms with E-state index in [4.69, 9.17) is 10.5 Å². The van der Waals surface area contributed by atoms with Crippen LogP contribution >= 0.6 is 15.9 Å². The lowest BCUT2D eigenvalue weighted by Gasteiger charge is -2.14. The Kier molecular flexibility index (Phi) is 6.47. The molecule has 160 valence electrons. The lowest BCUT2D eigenvalue weighted by atomic mass is 10.2. The van der Waals surface area contributed by atoms with E-state index in [9.17, 15) is 4.79 Å². The number of para-hydroxylation sites is 1. The van der Waals surface area contributed by atoms with Gasteiger partial charge in [-0.25, -0.2) is 9.97 Å². The van der Waals surface area contributed by atoms with Crippen molar-refractivity contribution < 1.29 is 9.53 Å². The molecule has 0 fully saturated rings. The molecule has 1 heterocycles. The number of hydrazine groups is 1. The zero-order chi connectivity index (χ0) is 22.3. The third-order valence-electron chi connectivity index (χ3n) is 4.39. The van der Waals surface area contributed by atoms with Gasteiger partial charge in [-0.1, -0.05) is 30.3 Å². The van der Waals surface area contributed by atoms with Crippen LogP contribution in [0.3, 0.4) is 0 Å². The number of hydrogen-bond donors (Lipinski definition) is 4. The molecular formula is C23H19BrN6O2. The number of hydrogen-bond acceptors (Lipinski definition) is 7. The van der Waals surface area contributed by atoms with Crippen molar-refractivity contribution in [1.29, 1.82) is 0 Å². The SMILES string of the molecule is Nc1c(NNC(=O)c2ccccc2Br)ncnc1Nc1ccc(Oc2ccccc2)cc1. The van der Waals surface area contributed by atoms with E-state index in [-0.39, 0.29) is 17.4 Å². The number of nitrogens with two attached hydrogens (primary N) is 1. The summed E-state index contributed by atoms with van der Waals surface area (Å²) in [7, 11) is 0. The van der Waals surface area contributed by atoms with Crippen molar-refractivity contribution in [3.8, 4) is 11.5 Å². The second kappa shape index (κ2) is 9.80. The van der Waals surface area contributed by atoms with Gasteiger partial charge in [0.2, 0.25) is 0 Å². The molecule has 0 spiro atoms. The maximum atomic E-state index is 12.4. The molecule has 0 atom stereocenters. The average Bonchev–Trinajstić information content (AvgIpc) is 2.82. The van der Waals surface area contributed by atoms with Gasteiger partial charge in [0.1, 0.15) is 23.5 Å². The van der Waals surface area contributed by atoms with Crippen molar-refractivity contribution in [2.24, 2.45) is 0 Å². The van der Waals surface area contributed by atoms with Crippen molar-refractivity contribution in [3.63, 3.8) is 0 Å². The summed E-state index contributed by atoms with van der Waals surface area (Å²) in [5, 5.41) is 3.14. The van der Waals surface area contributed by atoms with E-state index < -0.39 is 0 Å². The number of carbonyl (C=O) groups excluding carboxylic acids is 1. The Morgan fingerprint density at radius 2 is 1.50 bits per heavy atom. The summed E-state index contributed by atoms with van der Waals surface area (Å²) in [5.41, 5.74) is 13.0. The zero-order valence-electron chi connectivity index (χ0n) is 16.7. The van der Waals surface area contributed by atoms with Gasteiger partial charge in [-0.15, -0.1) is 0 Å². The van der Waals surface area contributed by atoms with Crippen LogP contribution in [0.2, 0.25) is 0 Å². The Labute approximate surface area is 193 Å². The van der Waals surface area contributed by atoms with Crippen LogP contribution in [0.5, 0.6) is 11.5 Å². The standard InChI is InChI=1S/C23H19BrN6O2/c24-19-9-5-4-8-18(19)23(31)30-29-22-20(25)21(26-14-27-22)28-15-10-12-17(13-11-15)32-16-6-2-1-3-7-16/h1-14H,25H2,(H,30,31)(H2,26,27,28,29). The molecule has 5 N–H and O–H groups in total. The van der Waals surface area contributed by atoms with E-state index in [2.05, 4.69) is 42.1 Å². The van der Waals surface area contributed by atoms with Crippen molar-refractivity contribution >= 4 is 44.8 Å². The number of halogens is 1. The molecule has 0 aliphatic carbocycles. The average molecular weight is 491 g/mol. The van der Waals surface area contributed by atoms with Crippen molar-refractivity contribution in [3.05, 3.63) is 95.2 Å². The molecular weight excluding hydrogens is 472 g/mol. The number of rotatable bonds is 7. The van der Waals surface area contributed by atoms with Gasteiger partial charge in [-0.05, 0) is 64.5 Å². The molecule has 1 amide bonds. The predicted molar refractivity (Wildman–Crippen MR) is 128 cm³/mol. The normalized spacial score (nSPS) is 10.3. The number of aromatic nitrogens is 2. The van der Waals surface area contributed by atoms with Crippen LogP contribution in [0.4, 0.5) is 23.0 Å². The number of benzene rings is 3. The van der Waals surface area contributed by atoms with E-state index in [0.29, 0.717) is 21.6 Å². The summed E-state index contributed by atoms with van der Waals surface area (Å²) in [5.74, 6) is 1.79.